The molecule has 9 heteroatoms. The Morgan fingerprint density at radius 1 is 1.29 bits per heavy atom. The topological polar surface area (TPSA) is 105 Å². The Labute approximate surface area is 123 Å². The van der Waals surface area contributed by atoms with E-state index in [2.05, 4.69) is 5.32 Å². The van der Waals surface area contributed by atoms with E-state index in [1.807, 2.05) is 0 Å². The van der Waals surface area contributed by atoms with Gasteiger partial charge in [-0.05, 0) is 38.4 Å². The van der Waals surface area contributed by atoms with Crippen LogP contribution in [-0.2, 0) is 19.6 Å². The first-order chi connectivity index (χ1) is 9.85. The molecule has 21 heavy (non-hydrogen) atoms. The molecule has 2 amide bonds. The average Bonchev–Trinajstić information content (AvgIpc) is 2.38. The summed E-state index contributed by atoms with van der Waals surface area (Å²) < 4.78 is 30.3. The Hall–Kier alpha value is -2.13. The largest absolute Gasteiger partial charge is 0.447 e. The molecule has 0 aliphatic heterocycles. The smallest absolute Gasteiger partial charge is 0.421 e. The van der Waals surface area contributed by atoms with Crippen molar-refractivity contribution < 1.29 is 22.7 Å². The predicted octanol–water partition coefficient (Wildman–Crippen LogP) is 0.231. The van der Waals surface area contributed by atoms with Gasteiger partial charge in [-0.3, -0.25) is 4.79 Å². The highest BCUT2D eigenvalue weighted by Crippen LogP contribution is 2.13. The second-order valence-corrected chi connectivity index (χ2v) is 6.01. The van der Waals surface area contributed by atoms with Gasteiger partial charge in [0.2, 0.25) is 6.41 Å². The number of benzene rings is 1. The maximum atomic E-state index is 11.9. The fraction of sp³-hybridized carbons (Fsp3) is 0.333. The summed E-state index contributed by atoms with van der Waals surface area (Å²) in [7, 11) is -0.399. The van der Waals surface area contributed by atoms with E-state index >= 15 is 0 Å². The highest BCUT2D eigenvalue weighted by molar-refractivity contribution is 7.90. The van der Waals surface area contributed by atoms with Gasteiger partial charge in [-0.15, -0.1) is 0 Å². The summed E-state index contributed by atoms with van der Waals surface area (Å²) in [6, 6.07) is 5.34. The van der Waals surface area contributed by atoms with Crippen LogP contribution in [0.25, 0.3) is 0 Å². The Morgan fingerprint density at radius 3 is 2.43 bits per heavy atom. The van der Waals surface area contributed by atoms with E-state index in [0.717, 1.165) is 0 Å². The third-order valence-electron chi connectivity index (χ3n) is 2.38. The second-order valence-electron chi connectivity index (χ2n) is 4.33. The van der Waals surface area contributed by atoms with Gasteiger partial charge in [0, 0.05) is 12.2 Å². The van der Waals surface area contributed by atoms with Crippen molar-refractivity contribution in [2.24, 2.45) is 0 Å². The van der Waals surface area contributed by atoms with Crippen LogP contribution in [0.1, 0.15) is 0 Å². The van der Waals surface area contributed by atoms with Gasteiger partial charge in [-0.2, -0.15) is 0 Å². The minimum absolute atomic E-state index is 0.0799. The first kappa shape index (κ1) is 16.9. The van der Waals surface area contributed by atoms with Crippen LogP contribution in [-0.4, -0.2) is 53.1 Å². The lowest BCUT2D eigenvalue weighted by Crippen LogP contribution is -2.32. The lowest BCUT2D eigenvalue weighted by molar-refractivity contribution is -0.105. The lowest BCUT2D eigenvalue weighted by Gasteiger charge is -2.11. The molecule has 0 saturated carbocycles. The van der Waals surface area contributed by atoms with Gasteiger partial charge in [0.15, 0.2) is 0 Å². The molecule has 0 spiro atoms. The Morgan fingerprint density at radius 2 is 1.90 bits per heavy atom. The molecule has 0 fully saturated rings. The van der Waals surface area contributed by atoms with Gasteiger partial charge < -0.3 is 15.0 Å². The van der Waals surface area contributed by atoms with Gasteiger partial charge in [-0.25, -0.2) is 17.9 Å². The van der Waals surface area contributed by atoms with Crippen LogP contribution in [0.5, 0.6) is 0 Å². The summed E-state index contributed by atoms with van der Waals surface area (Å²) in [4.78, 5) is 23.3. The van der Waals surface area contributed by atoms with Gasteiger partial charge in [0.1, 0.15) is 6.61 Å². The SMILES string of the molecule is CN(C)CCOC(=O)NS(=O)(=O)c1ccc(NC=O)cc1. The Balaban J connectivity index is 2.63. The zero-order valence-corrected chi connectivity index (χ0v) is 12.5. The number of ether oxygens (including phenoxy) is 1. The molecule has 1 aromatic carbocycles. The monoisotopic (exact) mass is 315 g/mol. The van der Waals surface area contributed by atoms with Crippen molar-refractivity contribution >= 4 is 28.2 Å². The maximum absolute atomic E-state index is 11.9. The number of carbonyl (C=O) groups is 2. The molecule has 0 aliphatic rings. The normalized spacial score (nSPS) is 11.0. The van der Waals surface area contributed by atoms with Gasteiger partial charge in [-0.1, -0.05) is 0 Å². The Kier molecular flexibility index (Phi) is 6.12. The quantitative estimate of drug-likeness (QED) is 0.698. The van der Waals surface area contributed by atoms with Crippen molar-refractivity contribution in [1.82, 2.24) is 9.62 Å². The van der Waals surface area contributed by atoms with Crippen LogP contribution in [0.2, 0.25) is 0 Å². The summed E-state index contributed by atoms with van der Waals surface area (Å²) in [5.74, 6) is 0. The first-order valence-electron chi connectivity index (χ1n) is 5.99. The molecule has 116 valence electrons. The summed E-state index contributed by atoms with van der Waals surface area (Å²) in [6.45, 7) is 0.566. The summed E-state index contributed by atoms with van der Waals surface area (Å²) in [6.07, 6.45) is -0.559. The first-order valence-corrected chi connectivity index (χ1v) is 7.48. The van der Waals surface area contributed by atoms with Crippen molar-refractivity contribution in [3.63, 3.8) is 0 Å². The molecule has 0 radical (unpaired) electrons. The third kappa shape index (κ3) is 5.79. The summed E-state index contributed by atoms with van der Waals surface area (Å²) >= 11 is 0. The van der Waals surface area contributed by atoms with E-state index < -0.39 is 16.1 Å². The van der Waals surface area contributed by atoms with Crippen molar-refractivity contribution in [3.05, 3.63) is 24.3 Å². The van der Waals surface area contributed by atoms with E-state index in [-0.39, 0.29) is 11.5 Å². The second kappa shape index (κ2) is 7.60. The summed E-state index contributed by atoms with van der Waals surface area (Å²) in [5, 5.41) is 2.37. The molecule has 0 heterocycles. The van der Waals surface area contributed by atoms with E-state index in [1.165, 1.54) is 24.3 Å². The lowest BCUT2D eigenvalue weighted by atomic mass is 10.3. The number of carbonyl (C=O) groups excluding carboxylic acids is 2. The van der Waals surface area contributed by atoms with E-state index in [0.29, 0.717) is 18.6 Å². The molecular formula is C12H17N3O5S. The number of hydrogen-bond acceptors (Lipinski definition) is 6. The molecule has 0 unspecified atom stereocenters. The molecule has 2 N–H and O–H groups in total. The molecule has 1 aromatic rings. The molecule has 8 nitrogen and oxygen atoms in total. The van der Waals surface area contributed by atoms with Crippen LogP contribution in [0.4, 0.5) is 10.5 Å². The number of likely N-dealkylation sites (N-methyl/N-ethyl adjacent to an activating group) is 1. The fourth-order valence-corrected chi connectivity index (χ4v) is 2.21. The minimum atomic E-state index is -4.00. The van der Waals surface area contributed by atoms with Gasteiger partial charge in [0.25, 0.3) is 10.0 Å². The summed E-state index contributed by atoms with van der Waals surface area (Å²) in [5.41, 5.74) is 0.442. The number of nitrogens with zero attached hydrogens (tertiary/aromatic N) is 1. The van der Waals surface area contributed by atoms with Gasteiger partial charge >= 0.3 is 6.09 Å². The number of anilines is 1. The van der Waals surface area contributed by atoms with Crippen LogP contribution < -0.4 is 10.0 Å². The third-order valence-corrected chi connectivity index (χ3v) is 3.71. The van der Waals surface area contributed by atoms with Crippen LogP contribution in [0.3, 0.4) is 0 Å². The van der Waals surface area contributed by atoms with Crippen LogP contribution >= 0.6 is 0 Å². The molecular weight excluding hydrogens is 298 g/mol. The van der Waals surface area contributed by atoms with Crippen LogP contribution in [0, 0.1) is 0 Å². The predicted molar refractivity (Wildman–Crippen MR) is 76.4 cm³/mol. The van der Waals surface area contributed by atoms with E-state index in [1.54, 1.807) is 23.7 Å². The molecule has 0 bridgehead atoms. The number of rotatable bonds is 7. The van der Waals surface area contributed by atoms with Gasteiger partial charge in [0.05, 0.1) is 4.90 Å². The highest BCUT2D eigenvalue weighted by Gasteiger charge is 2.18. The average molecular weight is 315 g/mol. The molecule has 0 atom stereocenters. The standard InChI is InChI=1S/C12H17N3O5S/c1-15(2)7-8-20-12(17)14-21(18,19)11-5-3-10(4-6-11)13-9-16/h3-6,9H,7-8H2,1-2H3,(H,13,16)(H,14,17). The molecule has 0 aromatic heterocycles. The highest BCUT2D eigenvalue weighted by atomic mass is 32.2. The van der Waals surface area contributed by atoms with Crippen molar-refractivity contribution in [2.45, 2.75) is 4.90 Å². The number of nitrogens with one attached hydrogen (secondary N) is 2. The van der Waals surface area contributed by atoms with E-state index in [4.69, 9.17) is 4.74 Å². The van der Waals surface area contributed by atoms with Crippen molar-refractivity contribution in [1.29, 1.82) is 0 Å². The molecule has 0 saturated heterocycles. The number of hydrogen-bond donors (Lipinski definition) is 2. The van der Waals surface area contributed by atoms with E-state index in [9.17, 15) is 18.0 Å². The van der Waals surface area contributed by atoms with Crippen molar-refractivity contribution in [2.75, 3.05) is 32.6 Å². The number of amides is 2. The number of sulfonamides is 1. The minimum Gasteiger partial charge on any atom is -0.447 e. The maximum Gasteiger partial charge on any atom is 0.421 e. The van der Waals surface area contributed by atoms with Crippen LogP contribution in [0.15, 0.2) is 29.2 Å². The Bertz CT molecular complexity index is 583. The zero-order valence-electron chi connectivity index (χ0n) is 11.7. The molecule has 0 aliphatic carbocycles. The molecule has 1 rings (SSSR count). The zero-order chi connectivity index (χ0) is 15.9. The van der Waals surface area contributed by atoms with Crippen molar-refractivity contribution in [3.8, 4) is 0 Å². The fourth-order valence-electron chi connectivity index (χ4n) is 1.32.